The molecule has 0 bridgehead atoms. The fraction of sp³-hybridized carbons (Fsp3) is 0.333. The Morgan fingerprint density at radius 3 is 2.73 bits per heavy atom. The predicted octanol–water partition coefficient (Wildman–Crippen LogP) is 2.53. The van der Waals surface area contributed by atoms with Gasteiger partial charge in [0.1, 0.15) is 11.4 Å². The van der Waals surface area contributed by atoms with Crippen LogP contribution in [0.3, 0.4) is 0 Å². The zero-order valence-electron chi connectivity index (χ0n) is 7.54. The van der Waals surface area contributed by atoms with Crippen LogP contribution in [-0.2, 0) is 12.3 Å². The zero-order valence-corrected chi connectivity index (χ0v) is 8.30. The van der Waals surface area contributed by atoms with E-state index in [4.69, 9.17) is 16.9 Å². The first-order valence-electron chi connectivity index (χ1n) is 4.02. The second kappa shape index (κ2) is 4.89. The maximum absolute atomic E-state index is 12.4. The van der Waals surface area contributed by atoms with Gasteiger partial charge < -0.3 is 5.11 Å². The SMILES string of the molecule is N#CCc1cc(C(F)F)nc(CCl)c1O. The van der Waals surface area contributed by atoms with Gasteiger partial charge in [0.15, 0.2) is 0 Å². The molecule has 0 fully saturated rings. The molecule has 80 valence electrons. The first-order chi connectivity index (χ1) is 7.10. The molecular weight excluding hydrogens is 226 g/mol. The topological polar surface area (TPSA) is 56.9 Å². The van der Waals surface area contributed by atoms with Crippen molar-refractivity contribution in [3.05, 3.63) is 23.0 Å². The van der Waals surface area contributed by atoms with Crippen LogP contribution in [0.25, 0.3) is 0 Å². The second-order valence-electron chi connectivity index (χ2n) is 2.77. The van der Waals surface area contributed by atoms with E-state index in [1.165, 1.54) is 0 Å². The summed E-state index contributed by atoms with van der Waals surface area (Å²) in [6.45, 7) is 0. The molecule has 0 aliphatic rings. The molecule has 0 aromatic carbocycles. The number of pyridine rings is 1. The fourth-order valence-corrected chi connectivity index (χ4v) is 1.28. The van der Waals surface area contributed by atoms with Crippen LogP contribution in [0.4, 0.5) is 8.78 Å². The Morgan fingerprint density at radius 2 is 2.27 bits per heavy atom. The molecule has 1 aromatic rings. The van der Waals surface area contributed by atoms with E-state index in [1.807, 2.05) is 0 Å². The highest BCUT2D eigenvalue weighted by molar-refractivity contribution is 6.17. The van der Waals surface area contributed by atoms with Crippen molar-refractivity contribution < 1.29 is 13.9 Å². The van der Waals surface area contributed by atoms with E-state index in [-0.39, 0.29) is 29.3 Å². The lowest BCUT2D eigenvalue weighted by Crippen LogP contribution is -1.99. The summed E-state index contributed by atoms with van der Waals surface area (Å²) in [5.74, 6) is -0.457. The van der Waals surface area contributed by atoms with Gasteiger partial charge in [0.2, 0.25) is 0 Å². The summed E-state index contributed by atoms with van der Waals surface area (Å²) < 4.78 is 24.7. The molecule has 1 rings (SSSR count). The highest BCUT2D eigenvalue weighted by Gasteiger charge is 2.16. The molecular formula is C9H7ClF2N2O. The number of hydrogen-bond donors (Lipinski definition) is 1. The highest BCUT2D eigenvalue weighted by Crippen LogP contribution is 2.27. The van der Waals surface area contributed by atoms with Gasteiger partial charge in [-0.15, -0.1) is 11.6 Å². The third-order valence-electron chi connectivity index (χ3n) is 1.78. The van der Waals surface area contributed by atoms with Crippen molar-refractivity contribution in [3.63, 3.8) is 0 Å². The molecule has 0 amide bonds. The van der Waals surface area contributed by atoms with Gasteiger partial charge in [0.05, 0.1) is 24.1 Å². The maximum Gasteiger partial charge on any atom is 0.280 e. The summed E-state index contributed by atoms with van der Waals surface area (Å²) in [5, 5.41) is 17.9. The van der Waals surface area contributed by atoms with Gasteiger partial charge in [-0.3, -0.25) is 0 Å². The van der Waals surface area contributed by atoms with Crippen molar-refractivity contribution in [2.24, 2.45) is 0 Å². The molecule has 1 aromatic heterocycles. The highest BCUT2D eigenvalue weighted by atomic mass is 35.5. The maximum atomic E-state index is 12.4. The molecule has 1 N–H and O–H groups in total. The predicted molar refractivity (Wildman–Crippen MR) is 49.7 cm³/mol. The van der Waals surface area contributed by atoms with E-state index in [9.17, 15) is 13.9 Å². The molecule has 0 aliphatic carbocycles. The lowest BCUT2D eigenvalue weighted by molar-refractivity contribution is 0.145. The van der Waals surface area contributed by atoms with Crippen molar-refractivity contribution >= 4 is 11.6 Å². The van der Waals surface area contributed by atoms with Gasteiger partial charge in [-0.1, -0.05) is 0 Å². The molecule has 0 aliphatic heterocycles. The molecule has 0 saturated heterocycles. The van der Waals surface area contributed by atoms with Gasteiger partial charge in [-0.25, -0.2) is 13.8 Å². The minimum absolute atomic E-state index is 0.0280. The lowest BCUT2D eigenvalue weighted by atomic mass is 10.1. The van der Waals surface area contributed by atoms with Crippen molar-refractivity contribution in [2.75, 3.05) is 0 Å². The molecule has 0 unspecified atom stereocenters. The Balaban J connectivity index is 3.26. The average molecular weight is 233 g/mol. The number of nitriles is 1. The molecule has 0 spiro atoms. The van der Waals surface area contributed by atoms with E-state index >= 15 is 0 Å². The fourth-order valence-electron chi connectivity index (χ4n) is 1.10. The largest absolute Gasteiger partial charge is 0.506 e. The Morgan fingerprint density at radius 1 is 1.60 bits per heavy atom. The van der Waals surface area contributed by atoms with Crippen LogP contribution in [0, 0.1) is 11.3 Å². The molecule has 0 atom stereocenters. The van der Waals surface area contributed by atoms with E-state index < -0.39 is 12.1 Å². The van der Waals surface area contributed by atoms with Gasteiger partial charge in [-0.05, 0) is 6.07 Å². The van der Waals surface area contributed by atoms with Crippen LogP contribution in [0.5, 0.6) is 5.75 Å². The molecule has 3 nitrogen and oxygen atoms in total. The third kappa shape index (κ3) is 2.54. The van der Waals surface area contributed by atoms with Crippen LogP contribution < -0.4 is 0 Å². The summed E-state index contributed by atoms with van der Waals surface area (Å²) in [7, 11) is 0. The molecule has 6 heteroatoms. The van der Waals surface area contributed by atoms with E-state index in [0.29, 0.717) is 0 Å². The summed E-state index contributed by atoms with van der Waals surface area (Å²) in [4.78, 5) is 3.49. The smallest absolute Gasteiger partial charge is 0.280 e. The number of halogens is 3. The van der Waals surface area contributed by atoms with Crippen molar-refractivity contribution in [3.8, 4) is 11.8 Å². The van der Waals surface area contributed by atoms with Crippen LogP contribution in [0.15, 0.2) is 6.07 Å². The van der Waals surface area contributed by atoms with Crippen LogP contribution >= 0.6 is 11.6 Å². The number of nitrogens with zero attached hydrogens (tertiary/aromatic N) is 2. The first kappa shape index (κ1) is 11.7. The van der Waals surface area contributed by atoms with Gasteiger partial charge in [0.25, 0.3) is 6.43 Å². The normalized spacial score (nSPS) is 10.3. The van der Waals surface area contributed by atoms with Crippen molar-refractivity contribution in [2.45, 2.75) is 18.7 Å². The number of rotatable bonds is 3. The Bertz CT molecular complexity index is 404. The summed E-state index contributed by atoms with van der Waals surface area (Å²) in [6, 6.07) is 2.78. The zero-order chi connectivity index (χ0) is 11.4. The number of aromatic hydroxyl groups is 1. The van der Waals surface area contributed by atoms with Crippen LogP contribution in [-0.4, -0.2) is 10.1 Å². The summed E-state index contributed by atoms with van der Waals surface area (Å²) in [6.07, 6.45) is -2.90. The monoisotopic (exact) mass is 232 g/mol. The van der Waals surface area contributed by atoms with Crippen molar-refractivity contribution in [1.29, 1.82) is 5.26 Å². The molecule has 1 heterocycles. The van der Waals surface area contributed by atoms with E-state index in [0.717, 1.165) is 6.07 Å². The Hall–Kier alpha value is -1.41. The minimum Gasteiger partial charge on any atom is -0.506 e. The van der Waals surface area contributed by atoms with E-state index in [1.54, 1.807) is 6.07 Å². The van der Waals surface area contributed by atoms with Gasteiger partial charge in [-0.2, -0.15) is 5.26 Å². The lowest BCUT2D eigenvalue weighted by Gasteiger charge is -2.08. The molecule has 0 saturated carbocycles. The minimum atomic E-state index is -2.75. The number of aromatic nitrogens is 1. The molecule has 0 radical (unpaired) electrons. The summed E-state index contributed by atoms with van der Waals surface area (Å²) in [5.41, 5.74) is -0.383. The third-order valence-corrected chi connectivity index (χ3v) is 2.04. The van der Waals surface area contributed by atoms with Gasteiger partial charge in [0, 0.05) is 5.56 Å². The second-order valence-corrected chi connectivity index (χ2v) is 3.04. The van der Waals surface area contributed by atoms with Gasteiger partial charge >= 0.3 is 0 Å². The number of hydrogen-bond acceptors (Lipinski definition) is 3. The summed E-state index contributed by atoms with van der Waals surface area (Å²) >= 11 is 5.43. The van der Waals surface area contributed by atoms with E-state index in [2.05, 4.69) is 4.98 Å². The first-order valence-corrected chi connectivity index (χ1v) is 4.56. The van der Waals surface area contributed by atoms with Crippen LogP contribution in [0.1, 0.15) is 23.4 Å². The Labute approximate surface area is 89.9 Å². The van der Waals surface area contributed by atoms with Crippen molar-refractivity contribution in [1.82, 2.24) is 4.98 Å². The average Bonchev–Trinajstić information content (AvgIpc) is 2.21. The number of alkyl halides is 3. The molecule has 15 heavy (non-hydrogen) atoms. The Kier molecular flexibility index (Phi) is 3.81. The standard InChI is InChI=1S/C9H7ClF2N2O/c10-4-7-8(15)5(1-2-13)3-6(14-7)9(11)12/h3,9,15H,1,4H2. The quantitative estimate of drug-likeness (QED) is 0.815. The van der Waals surface area contributed by atoms with Crippen LogP contribution in [0.2, 0.25) is 0 Å².